The van der Waals surface area contributed by atoms with E-state index >= 15 is 0 Å². The van der Waals surface area contributed by atoms with Gasteiger partial charge in [-0.15, -0.1) is 0 Å². The first kappa shape index (κ1) is 54.3. The lowest BCUT2D eigenvalue weighted by Gasteiger charge is -2.41. The second kappa shape index (κ2) is 25.7. The molecule has 4 aliphatic rings. The number of hydrogen-bond acceptors (Lipinski definition) is 22. The Morgan fingerprint density at radius 1 is 0.667 bits per heavy atom. The summed E-state index contributed by atoms with van der Waals surface area (Å²) in [6.45, 7) is 5.61. The Morgan fingerprint density at radius 3 is 1.52 bits per heavy atom. The highest BCUT2D eigenvalue weighted by Crippen LogP contribution is 2.38. The fourth-order valence-corrected chi connectivity index (χ4v) is 7.69. The van der Waals surface area contributed by atoms with Crippen LogP contribution in [0, 0.1) is 17.8 Å². The van der Waals surface area contributed by atoms with Gasteiger partial charge in [0.15, 0.2) is 12.6 Å². The Kier molecular flexibility index (Phi) is 21.2. The first-order valence-corrected chi connectivity index (χ1v) is 21.5. The monoisotopic (exact) mass is 944 g/mol. The predicted molar refractivity (Wildman–Crippen MR) is 222 cm³/mol. The van der Waals surface area contributed by atoms with E-state index in [0.717, 1.165) is 32.3 Å². The van der Waals surface area contributed by atoms with Crippen molar-refractivity contribution in [2.24, 2.45) is 17.8 Å². The number of carbonyl (C=O) groups excluding carboxylic acids is 4. The van der Waals surface area contributed by atoms with Crippen LogP contribution in [0.1, 0.15) is 59.8 Å². The van der Waals surface area contributed by atoms with Crippen LogP contribution in [0.4, 0.5) is 0 Å². The Balaban J connectivity index is 1.25. The zero-order valence-corrected chi connectivity index (χ0v) is 37.7. The van der Waals surface area contributed by atoms with Gasteiger partial charge in [-0.05, 0) is 51.5 Å². The predicted octanol–water partition coefficient (Wildman–Crippen LogP) is -0.810. The zero-order chi connectivity index (χ0) is 48.8. The van der Waals surface area contributed by atoms with Crippen LogP contribution in [-0.4, -0.2) is 179 Å². The molecule has 4 heterocycles. The van der Waals surface area contributed by atoms with Crippen LogP contribution in [0.5, 0.6) is 0 Å². The second-order valence-electron chi connectivity index (χ2n) is 16.2. The molecule has 2 saturated heterocycles. The summed E-state index contributed by atoms with van der Waals surface area (Å²) in [7, 11) is 2.32. The molecule has 0 aromatic rings. The molecular weight excluding hydrogens is 880 g/mol. The highest BCUT2D eigenvalue weighted by molar-refractivity contribution is 5.91. The molecule has 0 aromatic carbocycles. The molecule has 372 valence electrons. The molecule has 15 atom stereocenters. The van der Waals surface area contributed by atoms with Gasteiger partial charge >= 0.3 is 23.9 Å². The average molecular weight is 945 g/mol. The smallest absolute Gasteiger partial charge is 0.337 e. The maximum Gasteiger partial charge on any atom is 0.337 e. The number of hydrogen-bond donors (Lipinski definition) is 8. The molecule has 22 nitrogen and oxygen atoms in total. The molecule has 0 amide bonds. The number of allylic oxidation sites excluding steroid dienone is 3. The summed E-state index contributed by atoms with van der Waals surface area (Å²) in [5, 5.41) is 80.7. The van der Waals surface area contributed by atoms with Crippen LogP contribution in [0.2, 0.25) is 0 Å². The number of carbonyl (C=O) groups is 4. The first-order chi connectivity index (χ1) is 31.4. The van der Waals surface area contributed by atoms with E-state index in [1.807, 2.05) is 13.0 Å². The Hall–Kier alpha value is -4.30. The molecule has 0 saturated carbocycles. The fraction of sp³-hybridized carbons (Fsp3) is 0.682. The molecule has 0 bridgehead atoms. The van der Waals surface area contributed by atoms with Crippen LogP contribution in [0.15, 0.2) is 58.6 Å². The quantitative estimate of drug-likeness (QED) is 0.0420. The van der Waals surface area contributed by atoms with Crippen molar-refractivity contribution in [2.75, 3.05) is 40.6 Å². The lowest BCUT2D eigenvalue weighted by molar-refractivity contribution is -0.327. The summed E-state index contributed by atoms with van der Waals surface area (Å²) in [6.07, 6.45) is -10.1. The van der Waals surface area contributed by atoms with Crippen LogP contribution in [0.25, 0.3) is 0 Å². The number of aliphatic hydroxyl groups excluding tert-OH is 8. The van der Waals surface area contributed by atoms with E-state index in [4.69, 9.17) is 47.4 Å². The molecule has 66 heavy (non-hydrogen) atoms. The molecule has 1 unspecified atom stereocenters. The van der Waals surface area contributed by atoms with Crippen molar-refractivity contribution in [1.82, 2.24) is 0 Å². The number of ether oxygens (including phenoxy) is 10. The van der Waals surface area contributed by atoms with Crippen molar-refractivity contribution in [3.63, 3.8) is 0 Å². The molecule has 22 heteroatoms. The Bertz CT molecular complexity index is 1800. The molecule has 2 fully saturated rings. The molecule has 8 N–H and O–H groups in total. The summed E-state index contributed by atoms with van der Waals surface area (Å²) in [4.78, 5) is 51.7. The van der Waals surface area contributed by atoms with E-state index in [1.54, 1.807) is 32.9 Å². The highest BCUT2D eigenvalue weighted by Gasteiger charge is 2.48. The minimum atomic E-state index is -1.73. The van der Waals surface area contributed by atoms with Crippen molar-refractivity contribution in [3.8, 4) is 0 Å². The largest absolute Gasteiger partial charge is 0.468 e. The van der Waals surface area contributed by atoms with Crippen LogP contribution in [0.3, 0.4) is 0 Å². The minimum Gasteiger partial charge on any atom is -0.468 e. The Labute approximate surface area is 381 Å². The van der Waals surface area contributed by atoms with E-state index in [9.17, 15) is 60.0 Å². The van der Waals surface area contributed by atoms with Gasteiger partial charge in [0.25, 0.3) is 0 Å². The average Bonchev–Trinajstić information content (AvgIpc) is 3.30. The zero-order valence-electron chi connectivity index (χ0n) is 37.7. The van der Waals surface area contributed by atoms with Gasteiger partial charge in [-0.2, -0.15) is 0 Å². The summed E-state index contributed by atoms with van der Waals surface area (Å²) in [5.74, 6) is -4.63. The standard InChI is InChI=1S/C44H64O22/c1-7-23-25(27(39(55)57-5)19-61-41(23)65-43-37(53)35(51)33(49)29(16-45)63-43)14-31(47)59-13-12-21(3)10-9-11-22(4)18-60-32(48)15-26-24(8-2)42(62-20-28(26)40(56)58-6)66-44-38(54)36(52)34(50)30(17-46)64-44/h7-8,11,19-21,25-26,29-30,33-38,41-46,49-54H,9-10,12-18H2,1-6H3/b22-11+,23-7-,24-8-/t21?,25-,26-,29+,30+,33+,34+,35-,36-,37+,38+,41-,42-,43-,44-/m0/s1. The molecule has 0 aliphatic carbocycles. The van der Waals surface area contributed by atoms with Gasteiger partial charge in [-0.3, -0.25) is 9.59 Å². The topological polar surface area (TPSA) is 322 Å². The third kappa shape index (κ3) is 13.7. The van der Waals surface area contributed by atoms with Crippen LogP contribution < -0.4 is 0 Å². The number of methoxy groups -OCH3 is 2. The molecule has 4 aliphatic heterocycles. The third-order valence-electron chi connectivity index (χ3n) is 11.7. The summed E-state index contributed by atoms with van der Waals surface area (Å²) >= 11 is 0. The molecule has 4 rings (SSSR count). The second-order valence-corrected chi connectivity index (χ2v) is 16.2. The van der Waals surface area contributed by atoms with Gasteiger partial charge in [-0.25, -0.2) is 9.59 Å². The molecule has 0 radical (unpaired) electrons. The van der Waals surface area contributed by atoms with Crippen LogP contribution >= 0.6 is 0 Å². The van der Waals surface area contributed by atoms with Crippen molar-refractivity contribution < 1.29 is 107 Å². The van der Waals surface area contributed by atoms with Gasteiger partial charge < -0.3 is 88.2 Å². The van der Waals surface area contributed by atoms with Gasteiger partial charge in [0.05, 0.1) is 70.6 Å². The van der Waals surface area contributed by atoms with Gasteiger partial charge in [-0.1, -0.05) is 25.2 Å². The van der Waals surface area contributed by atoms with Gasteiger partial charge in [0, 0.05) is 23.0 Å². The maximum atomic E-state index is 13.2. The van der Waals surface area contributed by atoms with Crippen molar-refractivity contribution in [1.29, 1.82) is 0 Å². The number of rotatable bonds is 20. The van der Waals surface area contributed by atoms with Gasteiger partial charge in [0.1, 0.15) is 55.4 Å². The fourth-order valence-electron chi connectivity index (χ4n) is 7.69. The molecular formula is C44H64O22. The molecule has 0 aromatic heterocycles. The first-order valence-electron chi connectivity index (χ1n) is 21.5. The SMILES string of the molecule is C/C=C1\[C@H](O[C@@H]2O[C@H](CO)[C@@H](O)[C@H](O)[C@H]2O)OC=C(C(=O)OC)[C@H]1CC(=O)OCCC(C)CC/C=C(\C)COC(=O)C[C@@H]1C(C(=O)OC)=CO[C@@H](O[C@@H]2O[C@H](CO)[C@@H](O)[C@H](O)[C@H]2O)/C1=C\C. The lowest BCUT2D eigenvalue weighted by atomic mass is 9.86. The van der Waals surface area contributed by atoms with E-state index in [0.29, 0.717) is 19.3 Å². The summed E-state index contributed by atoms with van der Waals surface area (Å²) in [6, 6.07) is 0. The van der Waals surface area contributed by atoms with Gasteiger partial charge in [0.2, 0.25) is 12.6 Å². The van der Waals surface area contributed by atoms with E-state index in [2.05, 4.69) is 0 Å². The van der Waals surface area contributed by atoms with Crippen LogP contribution in [-0.2, 0) is 66.5 Å². The van der Waals surface area contributed by atoms with E-state index in [-0.39, 0.29) is 54.3 Å². The normalized spacial score (nSPS) is 34.3. The van der Waals surface area contributed by atoms with Crippen molar-refractivity contribution >= 4 is 23.9 Å². The minimum absolute atomic E-state index is 0.000285. The van der Waals surface area contributed by atoms with E-state index < -0.39 is 123 Å². The highest BCUT2D eigenvalue weighted by atomic mass is 16.8. The number of esters is 4. The third-order valence-corrected chi connectivity index (χ3v) is 11.7. The number of aliphatic hydroxyl groups is 8. The lowest BCUT2D eigenvalue weighted by Crippen LogP contribution is -2.60. The summed E-state index contributed by atoms with van der Waals surface area (Å²) in [5.41, 5.74) is 1.30. The van der Waals surface area contributed by atoms with Crippen molar-refractivity contribution in [3.05, 3.63) is 58.6 Å². The molecule has 0 spiro atoms. The Morgan fingerprint density at radius 2 is 1.11 bits per heavy atom. The summed E-state index contributed by atoms with van der Waals surface area (Å²) < 4.78 is 54.5. The maximum absolute atomic E-state index is 13.2. The van der Waals surface area contributed by atoms with E-state index in [1.165, 1.54) is 0 Å². The van der Waals surface area contributed by atoms with Crippen molar-refractivity contribution in [2.45, 2.75) is 134 Å².